The fourth-order valence-electron chi connectivity index (χ4n) is 1.66. The molecular weight excluding hydrogens is 369 g/mol. The predicted molar refractivity (Wildman–Crippen MR) is 89.0 cm³/mol. The number of nitrogens with one attached hydrogen (secondary N) is 1. The summed E-state index contributed by atoms with van der Waals surface area (Å²) in [6.07, 6.45) is 1.07. The van der Waals surface area contributed by atoms with E-state index >= 15 is 0 Å². The molecule has 2 rings (SSSR count). The van der Waals surface area contributed by atoms with Gasteiger partial charge in [-0.25, -0.2) is 8.42 Å². The molecule has 2 aromatic rings. The van der Waals surface area contributed by atoms with Crippen molar-refractivity contribution in [1.82, 2.24) is 0 Å². The number of anilines is 1. The molecule has 0 aliphatic carbocycles. The summed E-state index contributed by atoms with van der Waals surface area (Å²) in [6.45, 7) is 0. The Labute approximate surface area is 142 Å². The lowest BCUT2D eigenvalue weighted by molar-refractivity contribution is 0.102. The minimum atomic E-state index is -3.40. The maximum absolute atomic E-state index is 12.2. The molecule has 8 heteroatoms. The largest absolute Gasteiger partial charge is 0.321 e. The molecule has 0 aliphatic heterocycles. The summed E-state index contributed by atoms with van der Waals surface area (Å²) < 4.78 is 23.1. The van der Waals surface area contributed by atoms with Crippen molar-refractivity contribution in [2.45, 2.75) is 4.90 Å². The quantitative estimate of drug-likeness (QED) is 0.866. The third-order valence-electron chi connectivity index (χ3n) is 2.80. The lowest BCUT2D eigenvalue weighted by atomic mass is 10.2. The van der Waals surface area contributed by atoms with E-state index in [-0.39, 0.29) is 26.2 Å². The van der Waals surface area contributed by atoms with Gasteiger partial charge in [0, 0.05) is 11.8 Å². The fourth-order valence-corrected chi connectivity index (χ4v) is 2.77. The van der Waals surface area contributed by atoms with Crippen molar-refractivity contribution in [3.05, 3.63) is 57.0 Å². The Bertz CT molecular complexity index is 850. The lowest BCUT2D eigenvalue weighted by Crippen LogP contribution is -2.12. The van der Waals surface area contributed by atoms with E-state index in [4.69, 9.17) is 34.8 Å². The topological polar surface area (TPSA) is 63.2 Å². The Kier molecular flexibility index (Phi) is 5.02. The Hall–Kier alpha value is -1.27. The van der Waals surface area contributed by atoms with Crippen molar-refractivity contribution >= 4 is 56.2 Å². The molecule has 22 heavy (non-hydrogen) atoms. The van der Waals surface area contributed by atoms with Crippen LogP contribution >= 0.6 is 34.8 Å². The molecule has 0 saturated carbocycles. The molecule has 2 aromatic carbocycles. The van der Waals surface area contributed by atoms with Crippen molar-refractivity contribution in [3.63, 3.8) is 0 Å². The number of rotatable bonds is 3. The van der Waals surface area contributed by atoms with Crippen LogP contribution < -0.4 is 5.32 Å². The van der Waals surface area contributed by atoms with Gasteiger partial charge in [-0.1, -0.05) is 34.8 Å². The highest BCUT2D eigenvalue weighted by atomic mass is 35.5. The van der Waals surface area contributed by atoms with Gasteiger partial charge in [0.05, 0.1) is 25.7 Å². The van der Waals surface area contributed by atoms with E-state index in [1.54, 1.807) is 0 Å². The van der Waals surface area contributed by atoms with Gasteiger partial charge in [-0.05, 0) is 36.4 Å². The van der Waals surface area contributed by atoms with Crippen molar-refractivity contribution in [2.75, 3.05) is 11.6 Å². The summed E-state index contributed by atoms with van der Waals surface area (Å²) in [5.74, 6) is -0.480. The molecule has 0 heterocycles. The first kappa shape index (κ1) is 17.1. The molecule has 116 valence electrons. The van der Waals surface area contributed by atoms with Gasteiger partial charge in [-0.2, -0.15) is 0 Å². The van der Waals surface area contributed by atoms with Crippen molar-refractivity contribution in [1.29, 1.82) is 0 Å². The maximum atomic E-state index is 12.2. The van der Waals surface area contributed by atoms with E-state index in [1.165, 1.54) is 36.4 Å². The number of hydrogen-bond donors (Lipinski definition) is 1. The predicted octanol–water partition coefficient (Wildman–Crippen LogP) is 4.30. The highest BCUT2D eigenvalue weighted by Crippen LogP contribution is 2.27. The zero-order chi connectivity index (χ0) is 16.5. The van der Waals surface area contributed by atoms with Crippen molar-refractivity contribution in [3.8, 4) is 0 Å². The second kappa shape index (κ2) is 6.46. The molecule has 0 unspecified atom stereocenters. The van der Waals surface area contributed by atoms with Gasteiger partial charge < -0.3 is 5.32 Å². The van der Waals surface area contributed by atoms with Crippen molar-refractivity contribution in [2.24, 2.45) is 0 Å². The van der Waals surface area contributed by atoms with Crippen LogP contribution in [0.25, 0.3) is 0 Å². The normalized spacial score (nSPS) is 11.3. The average Bonchev–Trinajstić information content (AvgIpc) is 2.43. The fraction of sp³-hybridized carbons (Fsp3) is 0.0714. The SMILES string of the molecule is CS(=O)(=O)c1ccc(Cl)c(NC(=O)c2ccc(Cl)c(Cl)c2)c1. The lowest BCUT2D eigenvalue weighted by Gasteiger charge is -2.09. The summed E-state index contributed by atoms with van der Waals surface area (Å²) >= 11 is 17.6. The number of sulfone groups is 1. The highest BCUT2D eigenvalue weighted by molar-refractivity contribution is 7.90. The summed E-state index contributed by atoms with van der Waals surface area (Å²) in [5.41, 5.74) is 0.468. The van der Waals surface area contributed by atoms with Crippen LogP contribution in [0.3, 0.4) is 0 Å². The number of carbonyl (C=O) groups excluding carboxylic acids is 1. The second-order valence-electron chi connectivity index (χ2n) is 4.50. The van der Waals surface area contributed by atoms with Crippen molar-refractivity contribution < 1.29 is 13.2 Å². The van der Waals surface area contributed by atoms with Crippen LogP contribution in [0.4, 0.5) is 5.69 Å². The minimum Gasteiger partial charge on any atom is -0.321 e. The molecule has 0 radical (unpaired) electrons. The maximum Gasteiger partial charge on any atom is 0.255 e. The smallest absolute Gasteiger partial charge is 0.255 e. The third kappa shape index (κ3) is 3.93. The zero-order valence-corrected chi connectivity index (χ0v) is 14.3. The van der Waals surface area contributed by atoms with Gasteiger partial charge >= 0.3 is 0 Å². The first-order valence-electron chi connectivity index (χ1n) is 5.94. The number of amides is 1. The third-order valence-corrected chi connectivity index (χ3v) is 4.97. The molecule has 0 bridgehead atoms. The standard InChI is InChI=1S/C14H10Cl3NO3S/c1-22(20,21)9-3-5-11(16)13(7-9)18-14(19)8-2-4-10(15)12(17)6-8/h2-7H,1H3,(H,18,19). The summed E-state index contributed by atoms with van der Waals surface area (Å²) in [7, 11) is -3.40. The molecular formula is C14H10Cl3NO3S. The molecule has 0 atom stereocenters. The first-order valence-corrected chi connectivity index (χ1v) is 8.97. The molecule has 4 nitrogen and oxygen atoms in total. The summed E-state index contributed by atoms with van der Waals surface area (Å²) in [4.78, 5) is 12.2. The van der Waals surface area contributed by atoms with Crippen LogP contribution in [0.2, 0.25) is 15.1 Å². The van der Waals surface area contributed by atoms with Crippen LogP contribution in [0.5, 0.6) is 0 Å². The van der Waals surface area contributed by atoms with Gasteiger partial charge in [0.15, 0.2) is 9.84 Å². The average molecular weight is 379 g/mol. The van der Waals surface area contributed by atoms with E-state index in [2.05, 4.69) is 5.32 Å². The molecule has 0 fully saturated rings. The number of halogens is 3. The van der Waals surface area contributed by atoms with E-state index < -0.39 is 15.7 Å². The van der Waals surface area contributed by atoms with Gasteiger partial charge in [0.1, 0.15) is 0 Å². The number of hydrogen-bond acceptors (Lipinski definition) is 3. The Morgan fingerprint density at radius 3 is 2.18 bits per heavy atom. The number of carbonyl (C=O) groups is 1. The van der Waals surface area contributed by atoms with Gasteiger partial charge in [-0.3, -0.25) is 4.79 Å². The van der Waals surface area contributed by atoms with E-state index in [0.29, 0.717) is 5.02 Å². The van der Waals surface area contributed by atoms with Crippen LogP contribution in [0, 0.1) is 0 Å². The molecule has 0 spiro atoms. The first-order chi connectivity index (χ1) is 10.2. The Morgan fingerprint density at radius 2 is 1.59 bits per heavy atom. The molecule has 1 amide bonds. The van der Waals surface area contributed by atoms with Crippen LogP contribution in [-0.4, -0.2) is 20.6 Å². The minimum absolute atomic E-state index is 0.0568. The summed E-state index contributed by atoms with van der Waals surface area (Å²) in [6, 6.07) is 8.47. The van der Waals surface area contributed by atoms with Crippen LogP contribution in [0.15, 0.2) is 41.3 Å². The van der Waals surface area contributed by atoms with E-state index in [1.807, 2.05) is 0 Å². The van der Waals surface area contributed by atoms with Gasteiger partial charge in [0.25, 0.3) is 5.91 Å². The van der Waals surface area contributed by atoms with Gasteiger partial charge in [-0.15, -0.1) is 0 Å². The Balaban J connectivity index is 2.33. The van der Waals surface area contributed by atoms with Crippen LogP contribution in [0.1, 0.15) is 10.4 Å². The molecule has 0 aromatic heterocycles. The second-order valence-corrected chi connectivity index (χ2v) is 7.73. The zero-order valence-electron chi connectivity index (χ0n) is 11.2. The molecule has 1 N–H and O–H groups in total. The van der Waals surface area contributed by atoms with E-state index in [0.717, 1.165) is 6.26 Å². The van der Waals surface area contributed by atoms with Crippen LogP contribution in [-0.2, 0) is 9.84 Å². The Morgan fingerprint density at radius 1 is 0.955 bits per heavy atom. The number of benzene rings is 2. The monoisotopic (exact) mass is 377 g/mol. The van der Waals surface area contributed by atoms with Gasteiger partial charge in [0.2, 0.25) is 0 Å². The summed E-state index contributed by atoms with van der Waals surface area (Å²) in [5, 5.41) is 3.34. The van der Waals surface area contributed by atoms with E-state index in [9.17, 15) is 13.2 Å². The molecule has 0 saturated heterocycles. The highest BCUT2D eigenvalue weighted by Gasteiger charge is 2.14. The molecule has 0 aliphatic rings.